The predicted molar refractivity (Wildman–Crippen MR) is 136 cm³/mol. The molecule has 0 radical (unpaired) electrons. The van der Waals surface area contributed by atoms with Gasteiger partial charge in [0.2, 0.25) is 10.0 Å². The van der Waals surface area contributed by atoms with Gasteiger partial charge in [0.05, 0.1) is 22.8 Å². The Kier molecular flexibility index (Phi) is 8.03. The first-order valence-electron chi connectivity index (χ1n) is 11.9. The average Bonchev–Trinajstić information content (AvgIpc) is 3.08. The summed E-state index contributed by atoms with van der Waals surface area (Å²) in [5, 5.41) is 7.96. The van der Waals surface area contributed by atoms with Crippen molar-refractivity contribution >= 4 is 15.5 Å². The van der Waals surface area contributed by atoms with Gasteiger partial charge in [0.15, 0.2) is 11.3 Å². The normalized spacial score (nSPS) is 12.6. The number of nitrogens with one attached hydrogen (secondary N) is 3. The van der Waals surface area contributed by atoms with E-state index in [1.165, 1.54) is 12.1 Å². The van der Waals surface area contributed by atoms with Crippen LogP contribution in [0.5, 0.6) is 5.75 Å². The molecule has 35 heavy (non-hydrogen) atoms. The van der Waals surface area contributed by atoms with Crippen molar-refractivity contribution in [3.63, 3.8) is 0 Å². The van der Waals surface area contributed by atoms with Crippen LogP contribution in [0.2, 0.25) is 0 Å². The summed E-state index contributed by atoms with van der Waals surface area (Å²) in [4.78, 5) is 20.3. The van der Waals surface area contributed by atoms with E-state index in [-0.39, 0.29) is 28.9 Å². The Labute approximate surface area is 206 Å². The summed E-state index contributed by atoms with van der Waals surface area (Å²) in [5.74, 6) is 1.31. The number of hydrogen-bond donors (Lipinski definition) is 3. The molecule has 0 saturated heterocycles. The molecule has 3 N–H and O–H groups in total. The van der Waals surface area contributed by atoms with Gasteiger partial charge in [-0.3, -0.25) is 4.79 Å². The Balaban J connectivity index is 2.08. The van der Waals surface area contributed by atoms with Gasteiger partial charge in [-0.2, -0.15) is 0 Å². The number of nitrogens with zero attached hydrogens (tertiary/aromatic N) is 3. The van der Waals surface area contributed by atoms with Gasteiger partial charge in [0, 0.05) is 24.5 Å². The first-order valence-corrected chi connectivity index (χ1v) is 13.4. The molecule has 0 atom stereocenters. The van der Waals surface area contributed by atoms with Gasteiger partial charge in [-0.05, 0) is 52.3 Å². The Morgan fingerprint density at radius 1 is 1.23 bits per heavy atom. The maximum atomic E-state index is 13.2. The minimum Gasteiger partial charge on any atom is -0.493 e. The Morgan fingerprint density at radius 3 is 2.57 bits per heavy atom. The van der Waals surface area contributed by atoms with Gasteiger partial charge in [0.1, 0.15) is 11.6 Å². The van der Waals surface area contributed by atoms with Crippen molar-refractivity contribution in [2.45, 2.75) is 77.8 Å². The molecule has 0 aliphatic heterocycles. The van der Waals surface area contributed by atoms with Gasteiger partial charge in [-0.25, -0.2) is 22.6 Å². The maximum Gasteiger partial charge on any atom is 0.277 e. The third-order valence-corrected chi connectivity index (χ3v) is 6.82. The minimum absolute atomic E-state index is 0.0506. The van der Waals surface area contributed by atoms with Crippen molar-refractivity contribution in [2.24, 2.45) is 0 Å². The standard InChI is InChI=1S/C24H36N6O4S/c1-8-10-20-26-16(5)21-23(31)27-22(29-30(20)21)18-13-17(11-12-19(18)34-9-2)35(32,33)25-14-24(6,7)28-15(3)4/h11-13,15,25,28H,8-10,14H2,1-7H3,(H,27,29,31). The largest absolute Gasteiger partial charge is 0.493 e. The van der Waals surface area contributed by atoms with Crippen LogP contribution >= 0.6 is 0 Å². The smallest absolute Gasteiger partial charge is 0.277 e. The molecule has 192 valence electrons. The predicted octanol–water partition coefficient (Wildman–Crippen LogP) is 2.80. The second kappa shape index (κ2) is 10.5. The number of sulfonamides is 1. The lowest BCUT2D eigenvalue weighted by Crippen LogP contribution is -2.51. The summed E-state index contributed by atoms with van der Waals surface area (Å²) < 4.78 is 36.3. The fraction of sp³-hybridized carbons (Fsp3) is 0.542. The molecular weight excluding hydrogens is 468 g/mol. The van der Waals surface area contributed by atoms with E-state index in [0.29, 0.717) is 41.4 Å². The lowest BCUT2D eigenvalue weighted by molar-refractivity contribution is 0.341. The molecule has 11 heteroatoms. The number of ether oxygens (including phenoxy) is 1. The average molecular weight is 505 g/mol. The molecule has 10 nitrogen and oxygen atoms in total. The van der Waals surface area contributed by atoms with E-state index < -0.39 is 15.6 Å². The van der Waals surface area contributed by atoms with E-state index in [1.54, 1.807) is 17.5 Å². The fourth-order valence-corrected chi connectivity index (χ4v) is 5.31. The van der Waals surface area contributed by atoms with Crippen LogP contribution in [-0.2, 0) is 16.4 Å². The maximum absolute atomic E-state index is 13.2. The van der Waals surface area contributed by atoms with Crippen molar-refractivity contribution in [1.29, 1.82) is 0 Å². The number of rotatable bonds is 11. The topological polar surface area (TPSA) is 130 Å². The zero-order chi connectivity index (χ0) is 26.0. The monoisotopic (exact) mass is 504 g/mol. The molecule has 0 unspecified atom stereocenters. The molecule has 0 fully saturated rings. The second-order valence-electron chi connectivity index (χ2n) is 9.53. The number of fused-ring (bicyclic) bond motifs is 1. The highest BCUT2D eigenvalue weighted by molar-refractivity contribution is 7.89. The van der Waals surface area contributed by atoms with Gasteiger partial charge in [0.25, 0.3) is 5.56 Å². The number of aromatic nitrogens is 4. The van der Waals surface area contributed by atoms with Gasteiger partial charge >= 0.3 is 0 Å². The number of benzene rings is 1. The van der Waals surface area contributed by atoms with Crippen molar-refractivity contribution in [1.82, 2.24) is 29.6 Å². The van der Waals surface area contributed by atoms with Crippen LogP contribution in [0.4, 0.5) is 0 Å². The van der Waals surface area contributed by atoms with E-state index in [0.717, 1.165) is 6.42 Å². The lowest BCUT2D eigenvalue weighted by Gasteiger charge is -2.29. The summed E-state index contributed by atoms with van der Waals surface area (Å²) in [6.45, 7) is 14.1. The van der Waals surface area contributed by atoms with Crippen LogP contribution < -0.4 is 20.3 Å². The van der Waals surface area contributed by atoms with E-state index in [9.17, 15) is 13.2 Å². The Bertz CT molecular complexity index is 1360. The van der Waals surface area contributed by atoms with Crippen LogP contribution in [0, 0.1) is 6.92 Å². The first kappa shape index (κ1) is 26.8. The van der Waals surface area contributed by atoms with Crippen LogP contribution in [0.25, 0.3) is 16.9 Å². The van der Waals surface area contributed by atoms with E-state index in [2.05, 4.69) is 25.1 Å². The van der Waals surface area contributed by atoms with Crippen molar-refractivity contribution in [2.75, 3.05) is 13.2 Å². The van der Waals surface area contributed by atoms with Gasteiger partial charge in [-0.15, -0.1) is 5.10 Å². The molecule has 0 bridgehead atoms. The van der Waals surface area contributed by atoms with Gasteiger partial charge in [-0.1, -0.05) is 20.8 Å². The molecule has 2 heterocycles. The third kappa shape index (κ3) is 6.09. The first-order chi connectivity index (χ1) is 16.4. The van der Waals surface area contributed by atoms with Crippen molar-refractivity contribution in [3.05, 3.63) is 40.1 Å². The Morgan fingerprint density at radius 2 is 1.94 bits per heavy atom. The molecule has 2 aromatic heterocycles. The molecule has 0 saturated carbocycles. The zero-order valence-corrected chi connectivity index (χ0v) is 22.3. The second-order valence-corrected chi connectivity index (χ2v) is 11.3. The quantitative estimate of drug-likeness (QED) is 0.366. The zero-order valence-electron chi connectivity index (χ0n) is 21.5. The van der Waals surface area contributed by atoms with Crippen LogP contribution in [0.15, 0.2) is 27.9 Å². The molecule has 3 rings (SSSR count). The molecule has 3 aromatic rings. The van der Waals surface area contributed by atoms with E-state index in [1.807, 2.05) is 41.5 Å². The van der Waals surface area contributed by atoms with Crippen molar-refractivity contribution in [3.8, 4) is 17.1 Å². The number of hydrogen-bond acceptors (Lipinski definition) is 7. The molecule has 0 spiro atoms. The van der Waals surface area contributed by atoms with E-state index in [4.69, 9.17) is 4.74 Å². The van der Waals surface area contributed by atoms with Gasteiger partial charge < -0.3 is 15.0 Å². The number of aromatic amines is 1. The highest BCUT2D eigenvalue weighted by atomic mass is 32.2. The highest BCUT2D eigenvalue weighted by Gasteiger charge is 2.24. The molecule has 1 aromatic carbocycles. The summed E-state index contributed by atoms with van der Waals surface area (Å²) in [6, 6.07) is 4.75. The molecule has 0 aliphatic carbocycles. The number of H-pyrrole nitrogens is 1. The summed E-state index contributed by atoms with van der Waals surface area (Å²) in [5.41, 5.74) is 0.555. The summed E-state index contributed by atoms with van der Waals surface area (Å²) in [6.07, 6.45) is 1.50. The molecule has 0 amide bonds. The van der Waals surface area contributed by atoms with Crippen LogP contribution in [0.3, 0.4) is 0 Å². The molecule has 0 aliphatic rings. The summed E-state index contributed by atoms with van der Waals surface area (Å²) in [7, 11) is -3.84. The Hall–Kier alpha value is -2.76. The van der Waals surface area contributed by atoms with E-state index >= 15 is 0 Å². The number of imidazole rings is 1. The SMILES string of the molecule is CCCc1nc(C)c2c(=O)[nH]c(-c3cc(S(=O)(=O)NCC(C)(C)NC(C)C)ccc3OCC)nn12. The number of aryl methyl sites for hydroxylation is 2. The molecular formula is C24H36N6O4S. The van der Waals surface area contributed by atoms with Crippen LogP contribution in [0.1, 0.15) is 59.5 Å². The fourth-order valence-electron chi connectivity index (χ4n) is 4.08. The van der Waals surface area contributed by atoms with Crippen molar-refractivity contribution < 1.29 is 13.2 Å². The lowest BCUT2D eigenvalue weighted by atomic mass is 10.1. The third-order valence-electron chi connectivity index (χ3n) is 5.42. The minimum atomic E-state index is -3.84. The highest BCUT2D eigenvalue weighted by Crippen LogP contribution is 2.30. The van der Waals surface area contributed by atoms with Crippen LogP contribution in [-0.4, -0.2) is 52.7 Å². The summed E-state index contributed by atoms with van der Waals surface area (Å²) >= 11 is 0.